The zero-order valence-corrected chi connectivity index (χ0v) is 12.2. The SMILES string of the molecule is CC1CCCCN1C(=O)Cn1nnc(C(=O)O)c1CCN. The number of aromatic nitrogens is 3. The lowest BCUT2D eigenvalue weighted by Gasteiger charge is -2.33. The summed E-state index contributed by atoms with van der Waals surface area (Å²) in [6, 6.07) is 0.215. The second-order valence-corrected chi connectivity index (χ2v) is 5.32. The van der Waals surface area contributed by atoms with Gasteiger partial charge >= 0.3 is 5.97 Å². The van der Waals surface area contributed by atoms with Crippen LogP contribution in [0.2, 0.25) is 0 Å². The standard InChI is InChI=1S/C13H21N5O3/c1-9-4-2-3-7-17(9)11(19)8-18-10(5-6-14)12(13(20)21)15-16-18/h9H,2-8,14H2,1H3,(H,20,21). The van der Waals surface area contributed by atoms with Crippen LogP contribution < -0.4 is 5.73 Å². The van der Waals surface area contributed by atoms with Crippen molar-refractivity contribution < 1.29 is 14.7 Å². The molecule has 3 N–H and O–H groups in total. The summed E-state index contributed by atoms with van der Waals surface area (Å²) in [5, 5.41) is 16.5. The average Bonchev–Trinajstić information content (AvgIpc) is 2.83. The molecule has 21 heavy (non-hydrogen) atoms. The van der Waals surface area contributed by atoms with E-state index in [1.165, 1.54) is 4.68 Å². The van der Waals surface area contributed by atoms with Gasteiger partial charge in [-0.05, 0) is 32.7 Å². The molecule has 1 saturated heterocycles. The van der Waals surface area contributed by atoms with Gasteiger partial charge in [0, 0.05) is 19.0 Å². The van der Waals surface area contributed by atoms with Crippen LogP contribution in [0.3, 0.4) is 0 Å². The highest BCUT2D eigenvalue weighted by atomic mass is 16.4. The maximum Gasteiger partial charge on any atom is 0.358 e. The summed E-state index contributed by atoms with van der Waals surface area (Å²) in [5.41, 5.74) is 5.78. The van der Waals surface area contributed by atoms with Gasteiger partial charge in [-0.25, -0.2) is 9.48 Å². The van der Waals surface area contributed by atoms with Gasteiger partial charge in [-0.2, -0.15) is 0 Å². The van der Waals surface area contributed by atoms with Gasteiger partial charge in [0.1, 0.15) is 6.54 Å². The van der Waals surface area contributed by atoms with Crippen LogP contribution in [0.25, 0.3) is 0 Å². The number of piperidine rings is 1. The highest BCUT2D eigenvalue weighted by Crippen LogP contribution is 2.17. The van der Waals surface area contributed by atoms with Crippen molar-refractivity contribution in [1.82, 2.24) is 19.9 Å². The third-order valence-corrected chi connectivity index (χ3v) is 3.83. The van der Waals surface area contributed by atoms with Gasteiger partial charge in [0.05, 0.1) is 5.69 Å². The smallest absolute Gasteiger partial charge is 0.358 e. The number of nitrogens with zero attached hydrogens (tertiary/aromatic N) is 4. The first-order chi connectivity index (χ1) is 10.0. The molecule has 2 heterocycles. The first-order valence-corrected chi connectivity index (χ1v) is 7.19. The van der Waals surface area contributed by atoms with Crippen LogP contribution >= 0.6 is 0 Å². The van der Waals surface area contributed by atoms with Crippen LogP contribution in [0.15, 0.2) is 0 Å². The fourth-order valence-corrected chi connectivity index (χ4v) is 2.70. The van der Waals surface area contributed by atoms with E-state index in [0.717, 1.165) is 25.8 Å². The zero-order chi connectivity index (χ0) is 15.4. The summed E-state index contributed by atoms with van der Waals surface area (Å²) in [7, 11) is 0. The molecule has 0 aromatic carbocycles. The van der Waals surface area contributed by atoms with E-state index in [1.54, 1.807) is 0 Å². The number of amides is 1. The molecule has 1 aromatic rings. The maximum atomic E-state index is 12.4. The number of aromatic carboxylic acids is 1. The average molecular weight is 295 g/mol. The molecule has 2 rings (SSSR count). The molecule has 1 aliphatic rings. The summed E-state index contributed by atoms with van der Waals surface area (Å²) in [5.74, 6) is -1.20. The van der Waals surface area contributed by atoms with E-state index in [9.17, 15) is 9.59 Å². The number of carboxylic acids is 1. The van der Waals surface area contributed by atoms with Gasteiger partial charge in [-0.3, -0.25) is 4.79 Å². The number of carbonyl (C=O) groups excluding carboxylic acids is 1. The molecule has 116 valence electrons. The molecular formula is C13H21N5O3. The Bertz CT molecular complexity index is 528. The van der Waals surface area contributed by atoms with Crippen molar-refractivity contribution in [1.29, 1.82) is 0 Å². The maximum absolute atomic E-state index is 12.4. The Labute approximate surface area is 122 Å². The van der Waals surface area contributed by atoms with E-state index >= 15 is 0 Å². The topological polar surface area (TPSA) is 114 Å². The van der Waals surface area contributed by atoms with E-state index in [-0.39, 0.29) is 30.7 Å². The molecule has 8 heteroatoms. The van der Waals surface area contributed by atoms with E-state index in [1.807, 2.05) is 11.8 Å². The summed E-state index contributed by atoms with van der Waals surface area (Å²) in [6.45, 7) is 3.07. The minimum atomic E-state index is -1.15. The van der Waals surface area contributed by atoms with E-state index in [4.69, 9.17) is 10.8 Å². The fraction of sp³-hybridized carbons (Fsp3) is 0.692. The number of carbonyl (C=O) groups is 2. The Kier molecular flexibility index (Phi) is 4.89. The van der Waals surface area contributed by atoms with E-state index < -0.39 is 5.97 Å². The molecular weight excluding hydrogens is 274 g/mol. The fourth-order valence-electron chi connectivity index (χ4n) is 2.70. The molecule has 1 amide bonds. The highest BCUT2D eigenvalue weighted by molar-refractivity contribution is 5.86. The zero-order valence-electron chi connectivity index (χ0n) is 12.2. The number of likely N-dealkylation sites (tertiary alicyclic amines) is 1. The first kappa shape index (κ1) is 15.4. The van der Waals surface area contributed by atoms with E-state index in [2.05, 4.69) is 10.3 Å². The molecule has 0 aliphatic carbocycles. The van der Waals surface area contributed by atoms with Gasteiger partial charge in [0.25, 0.3) is 0 Å². The quantitative estimate of drug-likeness (QED) is 0.782. The largest absolute Gasteiger partial charge is 0.476 e. The molecule has 1 fully saturated rings. The van der Waals surface area contributed by atoms with Gasteiger partial charge < -0.3 is 15.7 Å². The summed E-state index contributed by atoms with van der Waals surface area (Å²) >= 11 is 0. The van der Waals surface area contributed by atoms with Gasteiger partial charge in [0.2, 0.25) is 5.91 Å². The summed E-state index contributed by atoms with van der Waals surface area (Å²) in [6.07, 6.45) is 3.47. The van der Waals surface area contributed by atoms with Crippen molar-refractivity contribution in [3.05, 3.63) is 11.4 Å². The van der Waals surface area contributed by atoms with Crippen LogP contribution in [-0.4, -0.2) is 56.0 Å². The molecule has 0 bridgehead atoms. The number of carboxylic acid groups (broad SMARTS) is 1. The van der Waals surface area contributed by atoms with Crippen molar-refractivity contribution in [3.8, 4) is 0 Å². The number of rotatable bonds is 5. The molecule has 8 nitrogen and oxygen atoms in total. The third-order valence-electron chi connectivity index (χ3n) is 3.83. The molecule has 1 unspecified atom stereocenters. The lowest BCUT2D eigenvalue weighted by molar-refractivity contribution is -0.135. The van der Waals surface area contributed by atoms with Crippen LogP contribution in [0.1, 0.15) is 42.4 Å². The van der Waals surface area contributed by atoms with Crippen molar-refractivity contribution in [2.24, 2.45) is 5.73 Å². The number of hydrogen-bond donors (Lipinski definition) is 2. The molecule has 1 aromatic heterocycles. The molecule has 1 aliphatic heterocycles. The van der Waals surface area contributed by atoms with Crippen molar-refractivity contribution in [2.45, 2.75) is 45.2 Å². The second kappa shape index (κ2) is 6.66. The van der Waals surface area contributed by atoms with E-state index in [0.29, 0.717) is 12.1 Å². The Morgan fingerprint density at radius 2 is 2.19 bits per heavy atom. The monoisotopic (exact) mass is 295 g/mol. The second-order valence-electron chi connectivity index (χ2n) is 5.32. The minimum Gasteiger partial charge on any atom is -0.476 e. The predicted octanol–water partition coefficient (Wildman–Crippen LogP) is -0.121. The number of hydrogen-bond acceptors (Lipinski definition) is 5. The lowest BCUT2D eigenvalue weighted by Crippen LogP contribution is -2.43. The van der Waals surface area contributed by atoms with Crippen molar-refractivity contribution >= 4 is 11.9 Å². The Hall–Kier alpha value is -1.96. The van der Waals surface area contributed by atoms with Crippen molar-refractivity contribution in [3.63, 3.8) is 0 Å². The summed E-state index contributed by atoms with van der Waals surface area (Å²) < 4.78 is 1.36. The molecule has 0 radical (unpaired) electrons. The number of nitrogens with two attached hydrogens (primary N) is 1. The third kappa shape index (κ3) is 3.38. The Balaban J connectivity index is 2.15. The minimum absolute atomic E-state index is 0.0138. The highest BCUT2D eigenvalue weighted by Gasteiger charge is 2.25. The Morgan fingerprint density at radius 3 is 2.81 bits per heavy atom. The predicted molar refractivity (Wildman–Crippen MR) is 74.8 cm³/mol. The van der Waals surface area contributed by atoms with Crippen LogP contribution in [-0.2, 0) is 17.8 Å². The summed E-state index contributed by atoms with van der Waals surface area (Å²) in [4.78, 5) is 25.3. The van der Waals surface area contributed by atoms with Gasteiger partial charge in [0.15, 0.2) is 5.69 Å². The van der Waals surface area contributed by atoms with Crippen LogP contribution in [0, 0.1) is 0 Å². The molecule has 1 atom stereocenters. The molecule has 0 saturated carbocycles. The van der Waals surface area contributed by atoms with Crippen LogP contribution in [0.4, 0.5) is 0 Å². The lowest BCUT2D eigenvalue weighted by atomic mass is 10.0. The van der Waals surface area contributed by atoms with Crippen molar-refractivity contribution in [2.75, 3.05) is 13.1 Å². The molecule has 0 spiro atoms. The van der Waals surface area contributed by atoms with Crippen LogP contribution in [0.5, 0.6) is 0 Å². The van der Waals surface area contributed by atoms with Gasteiger partial charge in [-0.15, -0.1) is 5.10 Å². The normalized spacial score (nSPS) is 18.8. The first-order valence-electron chi connectivity index (χ1n) is 7.19. The Morgan fingerprint density at radius 1 is 1.43 bits per heavy atom. The van der Waals surface area contributed by atoms with Gasteiger partial charge in [-0.1, -0.05) is 5.21 Å².